The Hall–Kier alpha value is -1.45. The van der Waals surface area contributed by atoms with Crippen LogP contribution in [0.5, 0.6) is 0 Å². The second kappa shape index (κ2) is 4.91. The van der Waals surface area contributed by atoms with E-state index in [9.17, 15) is 8.78 Å². The van der Waals surface area contributed by atoms with Crippen LogP contribution in [0.2, 0.25) is 5.02 Å². The zero-order valence-electron chi connectivity index (χ0n) is 9.74. The van der Waals surface area contributed by atoms with Gasteiger partial charge < -0.3 is 0 Å². The maximum Gasteiger partial charge on any atom is 0.263 e. The molecule has 0 unspecified atom stereocenters. The Morgan fingerprint density at radius 2 is 1.89 bits per heavy atom. The van der Waals surface area contributed by atoms with Gasteiger partial charge in [0.1, 0.15) is 0 Å². The number of fused-ring (bicyclic) bond motifs is 1. The van der Waals surface area contributed by atoms with Crippen molar-refractivity contribution in [1.29, 1.82) is 0 Å². The van der Waals surface area contributed by atoms with Crippen LogP contribution in [0.15, 0.2) is 47.8 Å². The molecule has 0 saturated heterocycles. The third kappa shape index (κ3) is 2.24. The predicted octanol–water partition coefficient (Wildman–Crippen LogP) is 6.16. The number of hydrogen-bond acceptors (Lipinski definition) is 1. The van der Waals surface area contributed by atoms with E-state index in [4.69, 9.17) is 11.6 Å². The molecule has 0 bridgehead atoms. The van der Waals surface area contributed by atoms with Gasteiger partial charge in [0.2, 0.25) is 0 Å². The Labute approximate surface area is 118 Å². The van der Waals surface area contributed by atoms with Crippen molar-refractivity contribution < 1.29 is 8.78 Å². The van der Waals surface area contributed by atoms with Gasteiger partial charge in [-0.25, -0.2) is 8.78 Å². The summed E-state index contributed by atoms with van der Waals surface area (Å²) in [6.07, 6.45) is -2.45. The van der Waals surface area contributed by atoms with Gasteiger partial charge in [-0.3, -0.25) is 0 Å². The zero-order valence-corrected chi connectivity index (χ0v) is 11.3. The highest BCUT2D eigenvalue weighted by molar-refractivity contribution is 7.14. The largest absolute Gasteiger partial charge is 0.263 e. The van der Waals surface area contributed by atoms with Crippen LogP contribution in [-0.4, -0.2) is 0 Å². The molecule has 2 aromatic carbocycles. The number of hydrogen-bond donors (Lipinski definition) is 0. The Morgan fingerprint density at radius 1 is 1.05 bits per heavy atom. The predicted molar refractivity (Wildman–Crippen MR) is 77.2 cm³/mol. The number of halogens is 3. The molecule has 1 heterocycles. The van der Waals surface area contributed by atoms with Crippen LogP contribution in [0.3, 0.4) is 0 Å². The fourth-order valence-corrected chi connectivity index (χ4v) is 3.32. The minimum absolute atomic E-state index is 0.0435. The number of rotatable bonds is 2. The fraction of sp³-hybridized carbons (Fsp3) is 0.0667. The quantitative estimate of drug-likeness (QED) is 0.531. The molecule has 0 aliphatic carbocycles. The zero-order chi connectivity index (χ0) is 13.4. The van der Waals surface area contributed by atoms with Crippen LogP contribution in [0.25, 0.3) is 21.2 Å². The summed E-state index contributed by atoms with van der Waals surface area (Å²) in [6.45, 7) is 0. The first kappa shape index (κ1) is 12.6. The van der Waals surface area contributed by atoms with Crippen molar-refractivity contribution in [2.24, 2.45) is 0 Å². The van der Waals surface area contributed by atoms with Crippen molar-refractivity contribution >= 4 is 33.7 Å². The van der Waals surface area contributed by atoms with Crippen molar-refractivity contribution in [3.8, 4) is 10.4 Å². The molecule has 0 N–H and O–H groups in total. The summed E-state index contributed by atoms with van der Waals surface area (Å²) in [5.74, 6) is 0. The van der Waals surface area contributed by atoms with E-state index < -0.39 is 6.43 Å². The number of thiophene rings is 1. The summed E-state index contributed by atoms with van der Waals surface area (Å²) in [4.78, 5) is 0.970. The van der Waals surface area contributed by atoms with Gasteiger partial charge in [-0.05, 0) is 28.3 Å². The first-order chi connectivity index (χ1) is 9.16. The molecule has 1 aromatic heterocycles. The maximum absolute atomic E-state index is 12.7. The molecule has 3 rings (SSSR count). The summed E-state index contributed by atoms with van der Waals surface area (Å²) in [5, 5.41) is 4.36. The topological polar surface area (TPSA) is 0 Å². The third-order valence-corrected chi connectivity index (χ3v) is 4.39. The molecular formula is C15H9ClF2S. The van der Waals surface area contributed by atoms with Crippen LogP contribution in [0, 0.1) is 0 Å². The molecule has 0 aliphatic heterocycles. The fourth-order valence-electron chi connectivity index (χ4n) is 2.12. The Balaban J connectivity index is 2.25. The summed E-state index contributed by atoms with van der Waals surface area (Å²) in [7, 11) is 0. The summed E-state index contributed by atoms with van der Waals surface area (Å²) < 4.78 is 25.4. The van der Waals surface area contributed by atoms with E-state index in [2.05, 4.69) is 0 Å². The SMILES string of the molecule is FC(F)c1ccc2c(-c3sccc3Cl)cccc2c1. The first-order valence-corrected chi connectivity index (χ1v) is 6.97. The molecule has 0 spiro atoms. The van der Waals surface area contributed by atoms with Crippen LogP contribution in [0.4, 0.5) is 8.78 Å². The van der Waals surface area contributed by atoms with Gasteiger partial charge in [0.05, 0.1) is 9.90 Å². The smallest absolute Gasteiger partial charge is 0.205 e. The van der Waals surface area contributed by atoms with Gasteiger partial charge in [-0.1, -0.05) is 41.9 Å². The van der Waals surface area contributed by atoms with E-state index in [-0.39, 0.29) is 5.56 Å². The highest BCUT2D eigenvalue weighted by Gasteiger charge is 2.11. The van der Waals surface area contributed by atoms with E-state index in [0.717, 1.165) is 21.2 Å². The van der Waals surface area contributed by atoms with Gasteiger partial charge in [-0.15, -0.1) is 11.3 Å². The average molecular weight is 295 g/mol. The van der Waals surface area contributed by atoms with Gasteiger partial charge in [-0.2, -0.15) is 0 Å². The van der Waals surface area contributed by atoms with E-state index in [1.807, 2.05) is 29.6 Å². The molecular weight excluding hydrogens is 286 g/mol. The molecule has 0 saturated carbocycles. The molecule has 0 fully saturated rings. The lowest BCUT2D eigenvalue weighted by atomic mass is 10.0. The molecule has 0 nitrogen and oxygen atoms in total. The van der Waals surface area contributed by atoms with Crippen molar-refractivity contribution in [2.45, 2.75) is 6.43 Å². The second-order valence-corrected chi connectivity index (χ2v) is 5.51. The number of alkyl halides is 2. The minimum atomic E-state index is -2.45. The minimum Gasteiger partial charge on any atom is -0.205 e. The molecule has 4 heteroatoms. The molecule has 0 amide bonds. The summed E-state index contributed by atoms with van der Waals surface area (Å²) in [6, 6.07) is 12.2. The van der Waals surface area contributed by atoms with Gasteiger partial charge in [0.25, 0.3) is 6.43 Å². The highest BCUT2D eigenvalue weighted by Crippen LogP contribution is 2.38. The second-order valence-electron chi connectivity index (χ2n) is 4.18. The Bertz CT molecular complexity index is 734. The van der Waals surface area contributed by atoms with Crippen LogP contribution in [0.1, 0.15) is 12.0 Å². The molecule has 0 atom stereocenters. The molecule has 0 radical (unpaired) electrons. The lowest BCUT2D eigenvalue weighted by Crippen LogP contribution is -1.85. The third-order valence-electron chi connectivity index (χ3n) is 3.02. The van der Waals surface area contributed by atoms with Gasteiger partial charge >= 0.3 is 0 Å². The lowest BCUT2D eigenvalue weighted by Gasteiger charge is -2.07. The molecule has 96 valence electrons. The van der Waals surface area contributed by atoms with E-state index in [1.165, 1.54) is 12.1 Å². The molecule has 19 heavy (non-hydrogen) atoms. The van der Waals surface area contributed by atoms with Gasteiger partial charge in [0, 0.05) is 11.1 Å². The van der Waals surface area contributed by atoms with E-state index in [0.29, 0.717) is 5.02 Å². The normalized spacial score (nSPS) is 11.4. The average Bonchev–Trinajstić information content (AvgIpc) is 2.83. The molecule has 3 aromatic rings. The van der Waals surface area contributed by atoms with Crippen molar-refractivity contribution in [1.82, 2.24) is 0 Å². The lowest BCUT2D eigenvalue weighted by molar-refractivity contribution is 0.151. The van der Waals surface area contributed by atoms with Crippen molar-refractivity contribution in [2.75, 3.05) is 0 Å². The van der Waals surface area contributed by atoms with Crippen LogP contribution >= 0.6 is 22.9 Å². The standard InChI is InChI=1S/C15H9ClF2S/c16-13-6-7-19-14(13)12-3-1-2-9-8-10(15(17)18)4-5-11(9)12/h1-8,15H. The number of benzene rings is 2. The van der Waals surface area contributed by atoms with Gasteiger partial charge in [0.15, 0.2) is 0 Å². The van der Waals surface area contributed by atoms with Crippen molar-refractivity contribution in [3.63, 3.8) is 0 Å². The first-order valence-electron chi connectivity index (χ1n) is 5.71. The van der Waals surface area contributed by atoms with E-state index >= 15 is 0 Å². The van der Waals surface area contributed by atoms with Crippen LogP contribution in [-0.2, 0) is 0 Å². The summed E-state index contributed by atoms with van der Waals surface area (Å²) in [5.41, 5.74) is 1.03. The Morgan fingerprint density at radius 3 is 2.58 bits per heavy atom. The Kier molecular flexibility index (Phi) is 3.25. The monoisotopic (exact) mass is 294 g/mol. The van der Waals surface area contributed by atoms with Crippen LogP contribution < -0.4 is 0 Å². The summed E-state index contributed by atoms with van der Waals surface area (Å²) >= 11 is 7.69. The van der Waals surface area contributed by atoms with E-state index in [1.54, 1.807) is 17.4 Å². The van der Waals surface area contributed by atoms with Crippen molar-refractivity contribution in [3.05, 3.63) is 58.4 Å². The highest BCUT2D eigenvalue weighted by atomic mass is 35.5. The maximum atomic E-state index is 12.7. The molecule has 0 aliphatic rings.